The molecule has 1 aromatic carbocycles. The summed E-state index contributed by atoms with van der Waals surface area (Å²) in [5.74, 6) is 0.0130. The first kappa shape index (κ1) is 26.2. The lowest BCUT2D eigenvalue weighted by molar-refractivity contribution is -0.140. The van der Waals surface area contributed by atoms with Crippen molar-refractivity contribution in [1.29, 1.82) is 0 Å². The number of hydrogen-bond donors (Lipinski definition) is 0. The number of likely N-dealkylation sites (tertiary alicyclic amines) is 1. The Kier molecular flexibility index (Phi) is 12.5. The minimum absolute atomic E-state index is 0.0130. The van der Waals surface area contributed by atoms with E-state index in [2.05, 4.69) is 0 Å². The molecule has 0 aromatic heterocycles. The van der Waals surface area contributed by atoms with Crippen LogP contribution in [0.1, 0.15) is 18.4 Å². The number of benzene rings is 1. The lowest BCUT2D eigenvalue weighted by Gasteiger charge is -2.32. The van der Waals surface area contributed by atoms with Crippen molar-refractivity contribution in [2.24, 2.45) is 4.99 Å². The molecule has 2 rings (SSSR count). The van der Waals surface area contributed by atoms with Crippen LogP contribution in [0.4, 0.5) is 0 Å². The van der Waals surface area contributed by atoms with Crippen molar-refractivity contribution < 1.29 is 23.7 Å². The Labute approximate surface area is 194 Å². The van der Waals surface area contributed by atoms with Crippen LogP contribution in [0, 0.1) is 0 Å². The molecule has 31 heavy (non-hydrogen) atoms. The third kappa shape index (κ3) is 8.40. The van der Waals surface area contributed by atoms with Crippen molar-refractivity contribution in [3.8, 4) is 0 Å². The summed E-state index contributed by atoms with van der Waals surface area (Å²) in [6.07, 6.45) is 6.24. The lowest BCUT2D eigenvalue weighted by Crippen LogP contribution is -2.49. The number of carbonyl (C=O) groups excluding carboxylic acids is 1. The Balaban J connectivity index is 2.26. The SMILES string of the molecule is COCOC[C@@H]1CC[C@@H](COCOC)N1C(=O)[C@H](Cc1ccccc1)N=C(SC)SC. The number of hydrogen-bond acceptors (Lipinski definition) is 8. The van der Waals surface area contributed by atoms with Crippen LogP contribution in [-0.2, 0) is 30.2 Å². The summed E-state index contributed by atoms with van der Waals surface area (Å²) in [7, 11) is 3.19. The highest BCUT2D eigenvalue weighted by Gasteiger charge is 2.40. The molecule has 1 fully saturated rings. The first-order chi connectivity index (χ1) is 15.1. The lowest BCUT2D eigenvalue weighted by atomic mass is 10.0. The second kappa shape index (κ2) is 14.9. The number of amides is 1. The van der Waals surface area contributed by atoms with E-state index in [4.69, 9.17) is 23.9 Å². The minimum atomic E-state index is -0.495. The Bertz CT molecular complexity index is 653. The maximum absolute atomic E-state index is 13.8. The van der Waals surface area contributed by atoms with E-state index in [1.807, 2.05) is 47.7 Å². The maximum Gasteiger partial charge on any atom is 0.248 e. The summed E-state index contributed by atoms with van der Waals surface area (Å²) in [5.41, 5.74) is 1.09. The van der Waals surface area contributed by atoms with Gasteiger partial charge in [-0.05, 0) is 30.9 Å². The fraction of sp³-hybridized carbons (Fsp3) is 0.636. The van der Waals surface area contributed by atoms with E-state index in [-0.39, 0.29) is 31.6 Å². The molecule has 0 saturated carbocycles. The molecule has 174 valence electrons. The van der Waals surface area contributed by atoms with Gasteiger partial charge in [0.05, 0.1) is 25.3 Å². The van der Waals surface area contributed by atoms with E-state index < -0.39 is 6.04 Å². The zero-order valence-electron chi connectivity index (χ0n) is 18.8. The molecule has 1 aliphatic rings. The number of thioether (sulfide) groups is 2. The Hall–Kier alpha value is -1.10. The summed E-state index contributed by atoms with van der Waals surface area (Å²) in [6.45, 7) is 1.27. The van der Waals surface area contributed by atoms with Crippen molar-refractivity contribution in [1.82, 2.24) is 4.90 Å². The van der Waals surface area contributed by atoms with E-state index in [0.29, 0.717) is 19.6 Å². The zero-order chi connectivity index (χ0) is 22.5. The largest absolute Gasteiger partial charge is 0.359 e. The van der Waals surface area contributed by atoms with Gasteiger partial charge in [-0.1, -0.05) is 30.3 Å². The second-order valence-corrected chi connectivity index (χ2v) is 9.04. The third-order valence-electron chi connectivity index (χ3n) is 5.06. The highest BCUT2D eigenvalue weighted by molar-refractivity contribution is 8.38. The molecule has 9 heteroatoms. The van der Waals surface area contributed by atoms with E-state index in [1.54, 1.807) is 37.7 Å². The van der Waals surface area contributed by atoms with Crippen molar-refractivity contribution in [3.63, 3.8) is 0 Å². The van der Waals surface area contributed by atoms with Crippen LogP contribution in [0.2, 0.25) is 0 Å². The molecule has 0 bridgehead atoms. The topological polar surface area (TPSA) is 69.6 Å². The predicted molar refractivity (Wildman–Crippen MR) is 128 cm³/mol. The number of carbonyl (C=O) groups is 1. The van der Waals surface area contributed by atoms with Gasteiger partial charge < -0.3 is 23.8 Å². The van der Waals surface area contributed by atoms with Crippen LogP contribution < -0.4 is 0 Å². The van der Waals surface area contributed by atoms with Crippen molar-refractivity contribution in [2.45, 2.75) is 37.4 Å². The van der Waals surface area contributed by atoms with Crippen LogP contribution >= 0.6 is 23.5 Å². The molecule has 1 amide bonds. The predicted octanol–water partition coefficient (Wildman–Crippen LogP) is 3.28. The number of ether oxygens (including phenoxy) is 4. The summed E-state index contributed by atoms with van der Waals surface area (Å²) < 4.78 is 22.2. The Morgan fingerprint density at radius 1 is 1.03 bits per heavy atom. The molecule has 0 aliphatic carbocycles. The van der Waals surface area contributed by atoms with E-state index in [9.17, 15) is 4.79 Å². The quantitative estimate of drug-likeness (QED) is 0.201. The normalized spacial score (nSPS) is 19.4. The van der Waals surface area contributed by atoms with Gasteiger partial charge in [-0.2, -0.15) is 0 Å². The van der Waals surface area contributed by atoms with Crippen molar-refractivity contribution >= 4 is 33.8 Å². The van der Waals surface area contributed by atoms with Crippen LogP contribution in [0.5, 0.6) is 0 Å². The van der Waals surface area contributed by atoms with Crippen LogP contribution in [0.25, 0.3) is 0 Å². The smallest absolute Gasteiger partial charge is 0.248 e. The minimum Gasteiger partial charge on any atom is -0.359 e. The van der Waals surface area contributed by atoms with Gasteiger partial charge in [-0.3, -0.25) is 9.79 Å². The first-order valence-corrected chi connectivity index (χ1v) is 12.7. The zero-order valence-corrected chi connectivity index (χ0v) is 20.5. The number of nitrogens with zero attached hydrogens (tertiary/aromatic N) is 2. The molecule has 3 atom stereocenters. The van der Waals surface area contributed by atoms with Crippen molar-refractivity contribution in [3.05, 3.63) is 35.9 Å². The van der Waals surface area contributed by atoms with Crippen LogP contribution in [-0.4, -0.2) is 86.8 Å². The molecular weight excluding hydrogens is 436 g/mol. The summed E-state index contributed by atoms with van der Waals surface area (Å²) >= 11 is 3.13. The van der Waals surface area contributed by atoms with Crippen LogP contribution in [0.15, 0.2) is 35.3 Å². The summed E-state index contributed by atoms with van der Waals surface area (Å²) in [5, 5.41) is 0. The average Bonchev–Trinajstić information content (AvgIpc) is 3.19. The molecular formula is C22H34N2O5S2. The fourth-order valence-electron chi connectivity index (χ4n) is 3.70. The molecule has 0 unspecified atom stereocenters. The Morgan fingerprint density at radius 2 is 1.58 bits per heavy atom. The first-order valence-electron chi connectivity index (χ1n) is 10.3. The second-order valence-electron chi connectivity index (χ2n) is 7.19. The molecule has 1 aromatic rings. The standard InChI is InChI=1S/C22H34N2O5S2/c1-26-15-28-13-18-10-11-19(14-29-16-27-2)24(18)21(25)20(23-22(30-3)31-4)12-17-8-6-5-7-9-17/h5-9,18-20H,10-16H2,1-4H3/t18-,19-,20-/m0/s1. The van der Waals surface area contributed by atoms with Gasteiger partial charge in [0.1, 0.15) is 24.0 Å². The van der Waals surface area contributed by atoms with E-state index >= 15 is 0 Å². The van der Waals surface area contributed by atoms with Crippen LogP contribution in [0.3, 0.4) is 0 Å². The molecule has 0 radical (unpaired) electrons. The molecule has 0 N–H and O–H groups in total. The molecule has 1 heterocycles. The van der Waals surface area contributed by atoms with E-state index in [0.717, 1.165) is 22.8 Å². The summed E-state index contributed by atoms with van der Waals surface area (Å²) in [6, 6.07) is 9.48. The average molecular weight is 471 g/mol. The highest BCUT2D eigenvalue weighted by atomic mass is 32.2. The molecule has 7 nitrogen and oxygen atoms in total. The molecule has 1 aliphatic heterocycles. The monoisotopic (exact) mass is 470 g/mol. The van der Waals surface area contributed by atoms with E-state index in [1.165, 1.54) is 0 Å². The molecule has 0 spiro atoms. The fourth-order valence-corrected chi connectivity index (χ4v) is 4.83. The summed E-state index contributed by atoms with van der Waals surface area (Å²) in [4.78, 5) is 20.6. The third-order valence-corrected chi connectivity index (χ3v) is 6.97. The number of rotatable bonds is 12. The number of methoxy groups -OCH3 is 2. The number of aliphatic imine (C=N–C) groups is 1. The van der Waals surface area contributed by atoms with Crippen molar-refractivity contribution in [2.75, 3.05) is 53.5 Å². The van der Waals surface area contributed by atoms with Gasteiger partial charge in [-0.15, -0.1) is 23.5 Å². The van der Waals surface area contributed by atoms with Gasteiger partial charge in [0.15, 0.2) is 0 Å². The Morgan fingerprint density at radius 3 is 2.06 bits per heavy atom. The highest BCUT2D eigenvalue weighted by Crippen LogP contribution is 2.28. The maximum atomic E-state index is 13.8. The van der Waals surface area contributed by atoms with Gasteiger partial charge >= 0.3 is 0 Å². The van der Waals surface area contributed by atoms with Gasteiger partial charge in [0, 0.05) is 20.6 Å². The van der Waals surface area contributed by atoms with Gasteiger partial charge in [0.25, 0.3) is 0 Å². The molecule has 1 saturated heterocycles. The van der Waals surface area contributed by atoms with Gasteiger partial charge in [-0.25, -0.2) is 0 Å². The van der Waals surface area contributed by atoms with Gasteiger partial charge in [0.2, 0.25) is 5.91 Å².